The summed E-state index contributed by atoms with van der Waals surface area (Å²) in [7, 11) is 0. The normalized spacial score (nSPS) is 12.3. The number of carboxylic acid groups (broad SMARTS) is 1. The quantitative estimate of drug-likeness (QED) is 0.0827. The van der Waals surface area contributed by atoms with Crippen LogP contribution in [0.4, 0.5) is 0 Å². The first-order valence-electron chi connectivity index (χ1n) is 14.2. The fourth-order valence-electron chi connectivity index (χ4n) is 4.11. The van der Waals surface area contributed by atoms with E-state index in [1.165, 1.54) is 109 Å². The summed E-state index contributed by atoms with van der Waals surface area (Å²) in [5, 5.41) is 8.79. The Bertz CT molecular complexity index is 472. The Morgan fingerprint density at radius 2 is 1.09 bits per heavy atom. The molecule has 0 heterocycles. The van der Waals surface area contributed by atoms with Crippen molar-refractivity contribution in [1.82, 2.24) is 0 Å². The summed E-state index contributed by atoms with van der Waals surface area (Å²) in [4.78, 5) is 22.5. The van der Waals surface area contributed by atoms with Crippen LogP contribution in [0.15, 0.2) is 12.2 Å². The third-order valence-corrected chi connectivity index (χ3v) is 6.30. The molecule has 4 heteroatoms. The third kappa shape index (κ3) is 25.1. The van der Waals surface area contributed by atoms with Crippen LogP contribution in [0.5, 0.6) is 0 Å². The largest absolute Gasteiger partial charge is 0.481 e. The second-order valence-corrected chi connectivity index (χ2v) is 9.57. The van der Waals surface area contributed by atoms with Gasteiger partial charge in [0, 0.05) is 6.42 Å². The second-order valence-electron chi connectivity index (χ2n) is 9.57. The summed E-state index contributed by atoms with van der Waals surface area (Å²) >= 11 is 0. The van der Waals surface area contributed by atoms with Crippen molar-refractivity contribution in [3.8, 4) is 0 Å². The number of carbonyl (C=O) groups excluding carboxylic acids is 1. The van der Waals surface area contributed by atoms with E-state index in [1.807, 2.05) is 6.92 Å². The van der Waals surface area contributed by atoms with E-state index in [2.05, 4.69) is 19.1 Å². The van der Waals surface area contributed by atoms with E-state index in [4.69, 9.17) is 9.84 Å². The molecule has 0 aromatic rings. The van der Waals surface area contributed by atoms with Gasteiger partial charge in [-0.15, -0.1) is 0 Å². The Balaban J connectivity index is 3.30. The summed E-state index contributed by atoms with van der Waals surface area (Å²) in [6.07, 6.45) is 29.7. The maximum absolute atomic E-state index is 11.8. The monoisotopic (exact) mass is 466 g/mol. The van der Waals surface area contributed by atoms with Crippen molar-refractivity contribution in [3.05, 3.63) is 12.2 Å². The van der Waals surface area contributed by atoms with E-state index in [-0.39, 0.29) is 12.4 Å². The number of carbonyl (C=O) groups is 2. The maximum atomic E-state index is 11.8. The molecule has 194 valence electrons. The van der Waals surface area contributed by atoms with Gasteiger partial charge in [0.2, 0.25) is 0 Å². The molecule has 0 saturated heterocycles. The van der Waals surface area contributed by atoms with Crippen LogP contribution in [-0.2, 0) is 14.3 Å². The topological polar surface area (TPSA) is 63.6 Å². The van der Waals surface area contributed by atoms with Gasteiger partial charge in [-0.2, -0.15) is 0 Å². The Morgan fingerprint density at radius 1 is 0.667 bits per heavy atom. The minimum atomic E-state index is -0.916. The number of carboxylic acids is 1. The molecule has 0 spiro atoms. The van der Waals surface area contributed by atoms with Crippen LogP contribution in [0.1, 0.15) is 155 Å². The fraction of sp³-hybridized carbons (Fsp3) is 0.862. The number of unbranched alkanes of at least 4 members (excludes halogenated alkanes) is 17. The molecule has 1 unspecified atom stereocenters. The van der Waals surface area contributed by atoms with Crippen LogP contribution in [0.2, 0.25) is 0 Å². The predicted molar refractivity (Wildman–Crippen MR) is 140 cm³/mol. The standard InChI is InChI=1S/C29H54O4/c1-3-5-6-7-8-9-10-11-12-13-14-15-16-17-18-19-20-21-22-23-24-25-29(32)33-27(4-2)26-28(30)31/h13-14,27H,3-12,15-26H2,1-2H3,(H,30,31)/b14-13-. The van der Waals surface area contributed by atoms with Crippen LogP contribution >= 0.6 is 0 Å². The number of hydrogen-bond acceptors (Lipinski definition) is 3. The van der Waals surface area contributed by atoms with Crippen LogP contribution in [0.3, 0.4) is 0 Å². The number of ether oxygens (including phenoxy) is 1. The summed E-state index contributed by atoms with van der Waals surface area (Å²) in [5.74, 6) is -1.17. The van der Waals surface area contributed by atoms with Crippen molar-refractivity contribution in [2.75, 3.05) is 0 Å². The lowest BCUT2D eigenvalue weighted by Gasteiger charge is -2.13. The zero-order chi connectivity index (χ0) is 24.4. The molecule has 0 amide bonds. The van der Waals surface area contributed by atoms with Gasteiger partial charge in [0.1, 0.15) is 6.10 Å². The van der Waals surface area contributed by atoms with Gasteiger partial charge >= 0.3 is 11.9 Å². The van der Waals surface area contributed by atoms with Gasteiger partial charge in [0.05, 0.1) is 6.42 Å². The third-order valence-electron chi connectivity index (χ3n) is 6.30. The first-order valence-corrected chi connectivity index (χ1v) is 14.2. The molecule has 33 heavy (non-hydrogen) atoms. The molecule has 0 aliphatic carbocycles. The smallest absolute Gasteiger partial charge is 0.307 e. The highest BCUT2D eigenvalue weighted by atomic mass is 16.5. The van der Waals surface area contributed by atoms with Gasteiger partial charge in [-0.25, -0.2) is 0 Å². The van der Waals surface area contributed by atoms with Crippen LogP contribution in [0.25, 0.3) is 0 Å². The van der Waals surface area contributed by atoms with Gasteiger partial charge < -0.3 is 9.84 Å². The average Bonchev–Trinajstić information content (AvgIpc) is 2.79. The van der Waals surface area contributed by atoms with Gasteiger partial charge in [0.15, 0.2) is 0 Å². The molecule has 0 aromatic carbocycles. The Hall–Kier alpha value is -1.32. The first-order chi connectivity index (χ1) is 16.1. The minimum absolute atomic E-state index is 0.0994. The van der Waals surface area contributed by atoms with Crippen molar-refractivity contribution in [2.24, 2.45) is 0 Å². The molecule has 4 nitrogen and oxygen atoms in total. The van der Waals surface area contributed by atoms with Gasteiger partial charge in [-0.3, -0.25) is 9.59 Å². The van der Waals surface area contributed by atoms with Crippen molar-refractivity contribution >= 4 is 11.9 Å². The summed E-state index contributed by atoms with van der Waals surface area (Å²) in [5.41, 5.74) is 0. The fourth-order valence-corrected chi connectivity index (χ4v) is 4.11. The molecular weight excluding hydrogens is 412 g/mol. The van der Waals surface area contributed by atoms with E-state index in [1.54, 1.807) is 0 Å². The molecule has 1 atom stereocenters. The highest BCUT2D eigenvalue weighted by Gasteiger charge is 2.15. The molecule has 0 radical (unpaired) electrons. The first kappa shape index (κ1) is 31.7. The molecule has 0 aliphatic heterocycles. The van der Waals surface area contributed by atoms with E-state index >= 15 is 0 Å². The summed E-state index contributed by atoms with van der Waals surface area (Å²) in [6.45, 7) is 4.12. The number of esters is 1. The molecular formula is C29H54O4. The van der Waals surface area contributed by atoms with Crippen molar-refractivity contribution in [3.63, 3.8) is 0 Å². The van der Waals surface area contributed by atoms with Crippen molar-refractivity contribution in [1.29, 1.82) is 0 Å². The van der Waals surface area contributed by atoms with E-state index in [0.717, 1.165) is 12.8 Å². The lowest BCUT2D eigenvalue weighted by Crippen LogP contribution is -2.20. The highest BCUT2D eigenvalue weighted by molar-refractivity contribution is 5.71. The maximum Gasteiger partial charge on any atom is 0.307 e. The van der Waals surface area contributed by atoms with Gasteiger partial charge in [-0.05, 0) is 38.5 Å². The lowest BCUT2D eigenvalue weighted by molar-refractivity contribution is -0.153. The van der Waals surface area contributed by atoms with Crippen LogP contribution < -0.4 is 0 Å². The van der Waals surface area contributed by atoms with Gasteiger partial charge in [-0.1, -0.05) is 116 Å². The van der Waals surface area contributed by atoms with Crippen molar-refractivity contribution in [2.45, 2.75) is 161 Å². The Morgan fingerprint density at radius 3 is 1.52 bits per heavy atom. The van der Waals surface area contributed by atoms with Crippen molar-refractivity contribution < 1.29 is 19.4 Å². The van der Waals surface area contributed by atoms with Gasteiger partial charge in [0.25, 0.3) is 0 Å². The number of hydrogen-bond donors (Lipinski definition) is 1. The molecule has 0 aliphatic rings. The predicted octanol–water partition coefficient (Wildman–Crippen LogP) is 9.16. The second kappa shape index (κ2) is 25.3. The average molecular weight is 467 g/mol. The SMILES string of the molecule is CCCCCCCCCC/C=C\CCCCCCCCCCCC(=O)OC(CC)CC(=O)O. The molecule has 0 bridgehead atoms. The highest BCUT2D eigenvalue weighted by Crippen LogP contribution is 2.13. The molecule has 0 aromatic heterocycles. The molecule has 0 rings (SSSR count). The minimum Gasteiger partial charge on any atom is -0.481 e. The Kier molecular flexibility index (Phi) is 24.3. The zero-order valence-corrected chi connectivity index (χ0v) is 22.0. The molecule has 0 fully saturated rings. The summed E-state index contributed by atoms with van der Waals surface area (Å²) in [6, 6.07) is 0. The van der Waals surface area contributed by atoms with E-state index in [0.29, 0.717) is 12.8 Å². The van der Waals surface area contributed by atoms with Crippen LogP contribution in [0, 0.1) is 0 Å². The van der Waals surface area contributed by atoms with Crippen LogP contribution in [-0.4, -0.2) is 23.1 Å². The zero-order valence-electron chi connectivity index (χ0n) is 22.0. The van der Waals surface area contributed by atoms with E-state index < -0.39 is 12.1 Å². The Labute approximate surface area is 204 Å². The molecule has 0 saturated carbocycles. The lowest BCUT2D eigenvalue weighted by atomic mass is 10.1. The van der Waals surface area contributed by atoms with E-state index in [9.17, 15) is 9.59 Å². The number of allylic oxidation sites excluding steroid dienone is 2. The number of rotatable bonds is 25. The molecule has 1 N–H and O–H groups in total. The summed E-state index contributed by atoms with van der Waals surface area (Å²) < 4.78 is 5.23. The number of aliphatic carboxylic acids is 1.